The van der Waals surface area contributed by atoms with Crippen molar-refractivity contribution in [1.29, 1.82) is 0 Å². The normalized spacial score (nSPS) is 18.4. The summed E-state index contributed by atoms with van der Waals surface area (Å²) < 4.78 is 6.03. The van der Waals surface area contributed by atoms with E-state index in [-0.39, 0.29) is 0 Å². The largest absolute Gasteiger partial charge is 0.400 e. The molecule has 5 rings (SSSR count). The summed E-state index contributed by atoms with van der Waals surface area (Å²) in [5.74, 6) is 0. The van der Waals surface area contributed by atoms with E-state index < -0.39 is 0 Å². The van der Waals surface area contributed by atoms with Crippen LogP contribution in [0.3, 0.4) is 0 Å². The van der Waals surface area contributed by atoms with Crippen molar-refractivity contribution in [3.63, 3.8) is 0 Å². The molecule has 1 unspecified atom stereocenters. The third kappa shape index (κ3) is 6.89. The molecular formula is C26H37N3O2. The molecule has 1 aromatic carbocycles. The van der Waals surface area contributed by atoms with Crippen molar-refractivity contribution in [3.8, 4) is 11.3 Å². The Labute approximate surface area is 186 Å². The minimum Gasteiger partial charge on any atom is -0.400 e. The van der Waals surface area contributed by atoms with E-state index in [1.54, 1.807) is 0 Å². The highest BCUT2D eigenvalue weighted by Gasteiger charge is 2.15. The van der Waals surface area contributed by atoms with Crippen molar-refractivity contribution < 1.29 is 9.84 Å². The molecule has 1 aliphatic carbocycles. The van der Waals surface area contributed by atoms with Gasteiger partial charge in [-0.25, -0.2) is 0 Å². The number of aryl methyl sites for hydroxylation is 1. The monoisotopic (exact) mass is 423 g/mol. The van der Waals surface area contributed by atoms with Crippen LogP contribution in [0.4, 0.5) is 0 Å². The molecule has 2 aliphatic rings. The Morgan fingerprint density at radius 2 is 1.87 bits per heavy atom. The van der Waals surface area contributed by atoms with Crippen LogP contribution >= 0.6 is 0 Å². The van der Waals surface area contributed by atoms with Gasteiger partial charge in [0.2, 0.25) is 0 Å². The van der Waals surface area contributed by atoms with Crippen molar-refractivity contribution in [2.24, 2.45) is 0 Å². The molecule has 2 aromatic heterocycles. The maximum Gasteiger partial charge on any atom is 0.0720 e. The number of aliphatic hydroxyl groups excluding tert-OH is 1. The number of hydrogen-bond donors (Lipinski definition) is 3. The molecule has 1 saturated carbocycles. The van der Waals surface area contributed by atoms with E-state index in [1.807, 2.05) is 6.20 Å². The van der Waals surface area contributed by atoms with Crippen LogP contribution in [0, 0.1) is 6.92 Å². The molecule has 1 atom stereocenters. The highest BCUT2D eigenvalue weighted by molar-refractivity contribution is 5.83. The van der Waals surface area contributed by atoms with Gasteiger partial charge in [0.1, 0.15) is 0 Å². The van der Waals surface area contributed by atoms with E-state index in [4.69, 9.17) is 9.84 Å². The van der Waals surface area contributed by atoms with E-state index >= 15 is 0 Å². The summed E-state index contributed by atoms with van der Waals surface area (Å²) in [6.07, 6.45) is 10.2. The van der Waals surface area contributed by atoms with Crippen molar-refractivity contribution >= 4 is 10.9 Å². The molecule has 2 fully saturated rings. The number of rotatable bonds is 4. The molecule has 0 amide bonds. The lowest BCUT2D eigenvalue weighted by Gasteiger charge is -2.11. The van der Waals surface area contributed by atoms with Crippen molar-refractivity contribution in [2.45, 2.75) is 71.1 Å². The molecule has 5 nitrogen and oxygen atoms in total. The summed E-state index contributed by atoms with van der Waals surface area (Å²) in [6.45, 7) is 6.23. The van der Waals surface area contributed by atoms with Crippen LogP contribution in [-0.4, -0.2) is 40.9 Å². The lowest BCUT2D eigenvalue weighted by molar-refractivity contribution is 0.0457. The zero-order chi connectivity index (χ0) is 22.1. The van der Waals surface area contributed by atoms with Crippen molar-refractivity contribution in [3.05, 3.63) is 53.9 Å². The highest BCUT2D eigenvalue weighted by atomic mass is 16.5. The van der Waals surface area contributed by atoms with Crippen molar-refractivity contribution in [1.82, 2.24) is 15.3 Å². The summed E-state index contributed by atoms with van der Waals surface area (Å²) in [5, 5.41) is 11.5. The number of benzene rings is 1. The first-order chi connectivity index (χ1) is 15.2. The number of aromatic amines is 1. The number of fused-ring (bicyclic) bond motifs is 1. The molecular weight excluding hydrogens is 386 g/mol. The second-order valence-corrected chi connectivity index (χ2v) is 8.52. The molecule has 168 valence electrons. The van der Waals surface area contributed by atoms with Gasteiger partial charge < -0.3 is 20.1 Å². The Morgan fingerprint density at radius 1 is 1.06 bits per heavy atom. The maximum atomic E-state index is 7.00. The minimum absolute atomic E-state index is 0.455. The number of ether oxygens (including phenoxy) is 1. The standard InChI is InChI=1S/C20H22N2O.C5H11N.CH4O/c1-14-9-17-11-19(21-12-20(17)22-14)16-6-4-5-15(10-16)13-23-18-7-2-3-8-18;1-5-3-2-4-6-5;1-2/h4-6,9-12,18,22H,2-3,7-8,13H2,1H3;5-6H,2-4H2,1H3;2H,1H3. The zero-order valence-electron chi connectivity index (χ0n) is 19.2. The topological polar surface area (TPSA) is 70.2 Å². The zero-order valence-corrected chi connectivity index (χ0v) is 19.2. The second-order valence-electron chi connectivity index (χ2n) is 8.52. The quantitative estimate of drug-likeness (QED) is 0.528. The van der Waals surface area contributed by atoms with E-state index in [1.165, 1.54) is 56.0 Å². The Morgan fingerprint density at radius 3 is 2.55 bits per heavy atom. The molecule has 3 N–H and O–H groups in total. The van der Waals surface area contributed by atoms with Crippen LogP contribution in [0.25, 0.3) is 22.2 Å². The Balaban J connectivity index is 0.000000291. The number of aromatic nitrogens is 2. The average Bonchev–Trinajstić information content (AvgIpc) is 3.55. The summed E-state index contributed by atoms with van der Waals surface area (Å²) in [5.41, 5.74) is 5.64. The predicted octanol–water partition coefficient (Wildman–Crippen LogP) is 5.36. The summed E-state index contributed by atoms with van der Waals surface area (Å²) in [4.78, 5) is 7.91. The first-order valence-electron chi connectivity index (χ1n) is 11.5. The van der Waals surface area contributed by atoms with Gasteiger partial charge in [0.25, 0.3) is 0 Å². The van der Waals surface area contributed by atoms with Crippen LogP contribution in [0.5, 0.6) is 0 Å². The lowest BCUT2D eigenvalue weighted by Crippen LogP contribution is -2.16. The van der Waals surface area contributed by atoms with Gasteiger partial charge in [-0.05, 0) is 69.8 Å². The summed E-state index contributed by atoms with van der Waals surface area (Å²) in [7, 11) is 1.00. The van der Waals surface area contributed by atoms with Crippen LogP contribution in [0.15, 0.2) is 42.6 Å². The number of aliphatic hydroxyl groups is 1. The molecule has 0 bridgehead atoms. The second kappa shape index (κ2) is 12.0. The molecule has 0 radical (unpaired) electrons. The first-order valence-corrected chi connectivity index (χ1v) is 11.5. The van der Waals surface area contributed by atoms with E-state index in [2.05, 4.69) is 65.5 Å². The molecule has 3 aromatic rings. The van der Waals surface area contributed by atoms with E-state index in [0.717, 1.165) is 35.6 Å². The molecule has 0 spiro atoms. The predicted molar refractivity (Wildman–Crippen MR) is 128 cm³/mol. The van der Waals surface area contributed by atoms with Crippen LogP contribution in [0.1, 0.15) is 56.7 Å². The maximum absolute atomic E-state index is 7.00. The van der Waals surface area contributed by atoms with Crippen LogP contribution < -0.4 is 5.32 Å². The molecule has 3 heterocycles. The number of nitrogens with zero attached hydrogens (tertiary/aromatic N) is 1. The van der Waals surface area contributed by atoms with Gasteiger partial charge in [0, 0.05) is 29.8 Å². The van der Waals surface area contributed by atoms with Gasteiger partial charge in [-0.2, -0.15) is 0 Å². The Bertz CT molecular complexity index is 925. The fourth-order valence-electron chi connectivity index (χ4n) is 4.28. The number of hydrogen-bond acceptors (Lipinski definition) is 4. The van der Waals surface area contributed by atoms with Crippen molar-refractivity contribution in [2.75, 3.05) is 13.7 Å². The van der Waals surface area contributed by atoms with Crippen LogP contribution in [-0.2, 0) is 11.3 Å². The SMILES string of the molecule is CC1CCCN1.CO.Cc1cc2cc(-c3cccc(COC4CCCC4)c3)ncc2[nH]1. The van der Waals surface area contributed by atoms with E-state index in [0.29, 0.717) is 12.7 Å². The lowest BCUT2D eigenvalue weighted by atomic mass is 10.1. The fraction of sp³-hybridized carbons (Fsp3) is 0.500. The third-order valence-electron chi connectivity index (χ3n) is 5.96. The number of nitrogens with one attached hydrogen (secondary N) is 2. The Hall–Kier alpha value is -2.21. The third-order valence-corrected chi connectivity index (χ3v) is 5.96. The number of pyridine rings is 1. The van der Waals surface area contributed by atoms with Crippen LogP contribution in [0.2, 0.25) is 0 Å². The Kier molecular flexibility index (Phi) is 9.07. The van der Waals surface area contributed by atoms with Gasteiger partial charge in [-0.15, -0.1) is 0 Å². The van der Waals surface area contributed by atoms with Gasteiger partial charge in [-0.1, -0.05) is 31.0 Å². The fourth-order valence-corrected chi connectivity index (χ4v) is 4.28. The molecule has 31 heavy (non-hydrogen) atoms. The molecule has 1 aliphatic heterocycles. The van der Waals surface area contributed by atoms with Gasteiger partial charge in [-0.3, -0.25) is 4.98 Å². The smallest absolute Gasteiger partial charge is 0.0720 e. The summed E-state index contributed by atoms with van der Waals surface area (Å²) >= 11 is 0. The molecule has 5 heteroatoms. The number of H-pyrrole nitrogens is 1. The summed E-state index contributed by atoms with van der Waals surface area (Å²) in [6, 6.07) is 13.7. The van der Waals surface area contributed by atoms with Gasteiger partial charge in [0.15, 0.2) is 0 Å². The van der Waals surface area contributed by atoms with E-state index in [9.17, 15) is 0 Å². The molecule has 1 saturated heterocycles. The van der Waals surface area contributed by atoms with Gasteiger partial charge >= 0.3 is 0 Å². The first kappa shape index (κ1) is 23.5. The minimum atomic E-state index is 0.455. The van der Waals surface area contributed by atoms with Gasteiger partial charge in [0.05, 0.1) is 30.1 Å². The average molecular weight is 424 g/mol. The highest BCUT2D eigenvalue weighted by Crippen LogP contribution is 2.25.